The largest absolute Gasteiger partial charge is 0.465 e. The van der Waals surface area contributed by atoms with Crippen LogP contribution in [0.3, 0.4) is 0 Å². The van der Waals surface area contributed by atoms with Gasteiger partial charge in [0.2, 0.25) is 0 Å². The molecule has 1 aliphatic rings. The molecular formula is C16H23NO3. The van der Waals surface area contributed by atoms with Gasteiger partial charge in [0.05, 0.1) is 25.4 Å². The molecule has 110 valence electrons. The van der Waals surface area contributed by atoms with Crippen LogP contribution in [-0.2, 0) is 15.9 Å². The molecule has 1 aromatic rings. The van der Waals surface area contributed by atoms with E-state index in [9.17, 15) is 4.79 Å². The number of hydrogen-bond donors (Lipinski definition) is 0. The van der Waals surface area contributed by atoms with Crippen LogP contribution in [0.25, 0.3) is 0 Å². The normalized spacial score (nSPS) is 17.1. The quantitative estimate of drug-likeness (QED) is 0.773. The van der Waals surface area contributed by atoms with Crippen LogP contribution in [0.5, 0.6) is 0 Å². The van der Waals surface area contributed by atoms with E-state index >= 15 is 0 Å². The summed E-state index contributed by atoms with van der Waals surface area (Å²) in [6, 6.07) is 7.53. The van der Waals surface area contributed by atoms with Crippen LogP contribution in [0.4, 0.5) is 0 Å². The average molecular weight is 277 g/mol. The molecule has 0 aromatic heterocycles. The molecule has 0 saturated carbocycles. The number of likely N-dealkylation sites (tertiary alicyclic amines) is 1. The van der Waals surface area contributed by atoms with Crippen molar-refractivity contribution in [2.45, 2.75) is 25.4 Å². The fraction of sp³-hybridized carbons (Fsp3) is 0.562. The molecule has 2 rings (SSSR count). The summed E-state index contributed by atoms with van der Waals surface area (Å²) in [5.74, 6) is -0.292. The number of esters is 1. The second kappa shape index (κ2) is 7.41. The van der Waals surface area contributed by atoms with Crippen molar-refractivity contribution in [1.29, 1.82) is 0 Å². The van der Waals surface area contributed by atoms with Gasteiger partial charge in [-0.25, -0.2) is 4.79 Å². The predicted octanol–water partition coefficient (Wildman–Crippen LogP) is 2.13. The summed E-state index contributed by atoms with van der Waals surface area (Å²) in [5, 5.41) is 0. The molecule has 4 heteroatoms. The summed E-state index contributed by atoms with van der Waals surface area (Å²) >= 11 is 0. The molecule has 4 nitrogen and oxygen atoms in total. The Morgan fingerprint density at radius 3 is 2.50 bits per heavy atom. The molecule has 0 amide bonds. The Bertz CT molecular complexity index is 422. The van der Waals surface area contributed by atoms with Gasteiger partial charge in [-0.3, -0.25) is 0 Å². The smallest absolute Gasteiger partial charge is 0.337 e. The summed E-state index contributed by atoms with van der Waals surface area (Å²) in [6.45, 7) is 2.99. The van der Waals surface area contributed by atoms with Crippen LogP contribution in [0, 0.1) is 0 Å². The number of rotatable bonds is 5. The van der Waals surface area contributed by atoms with Crippen molar-refractivity contribution in [3.8, 4) is 0 Å². The summed E-state index contributed by atoms with van der Waals surface area (Å²) in [5.41, 5.74) is 1.78. The van der Waals surface area contributed by atoms with Gasteiger partial charge in [-0.15, -0.1) is 0 Å². The minimum Gasteiger partial charge on any atom is -0.465 e. The second-order valence-electron chi connectivity index (χ2n) is 5.31. The maximum absolute atomic E-state index is 11.3. The van der Waals surface area contributed by atoms with E-state index in [1.54, 1.807) is 12.1 Å². The zero-order valence-corrected chi connectivity index (χ0v) is 12.3. The fourth-order valence-corrected chi connectivity index (χ4v) is 2.42. The number of nitrogens with zero attached hydrogens (tertiary/aromatic N) is 1. The number of methoxy groups -OCH3 is 1. The second-order valence-corrected chi connectivity index (χ2v) is 5.31. The molecular weight excluding hydrogens is 254 g/mol. The van der Waals surface area contributed by atoms with E-state index in [0.717, 1.165) is 39.0 Å². The standard InChI is InChI=1S/C16H23NO3/c1-17-10-7-15(8-11-17)20-12-9-13-3-5-14(6-4-13)16(18)19-2/h3-6,15H,7-12H2,1-2H3. The van der Waals surface area contributed by atoms with Crippen molar-refractivity contribution in [3.05, 3.63) is 35.4 Å². The lowest BCUT2D eigenvalue weighted by Crippen LogP contribution is -2.34. The average Bonchev–Trinajstić information content (AvgIpc) is 2.49. The molecule has 20 heavy (non-hydrogen) atoms. The maximum atomic E-state index is 11.3. The minimum atomic E-state index is -0.292. The van der Waals surface area contributed by atoms with Crippen LogP contribution in [0.15, 0.2) is 24.3 Å². The van der Waals surface area contributed by atoms with Gasteiger partial charge in [0.15, 0.2) is 0 Å². The Hall–Kier alpha value is -1.39. The topological polar surface area (TPSA) is 38.8 Å². The van der Waals surface area contributed by atoms with E-state index in [0.29, 0.717) is 11.7 Å². The molecule has 0 atom stereocenters. The van der Waals surface area contributed by atoms with Gasteiger partial charge in [0.1, 0.15) is 0 Å². The lowest BCUT2D eigenvalue weighted by atomic mass is 10.1. The summed E-state index contributed by atoms with van der Waals surface area (Å²) in [4.78, 5) is 13.7. The van der Waals surface area contributed by atoms with Gasteiger partial charge in [-0.1, -0.05) is 12.1 Å². The number of carbonyl (C=O) groups excluding carboxylic acids is 1. The Kier molecular flexibility index (Phi) is 5.56. The molecule has 0 unspecified atom stereocenters. The third kappa shape index (κ3) is 4.32. The Labute approximate surface area is 120 Å². The lowest BCUT2D eigenvalue weighted by molar-refractivity contribution is 0.0141. The highest BCUT2D eigenvalue weighted by atomic mass is 16.5. The molecule has 0 radical (unpaired) electrons. The van der Waals surface area contributed by atoms with Crippen molar-refractivity contribution >= 4 is 5.97 Å². The van der Waals surface area contributed by atoms with Crippen molar-refractivity contribution in [3.63, 3.8) is 0 Å². The van der Waals surface area contributed by atoms with Gasteiger partial charge in [-0.2, -0.15) is 0 Å². The molecule has 0 aliphatic carbocycles. The maximum Gasteiger partial charge on any atom is 0.337 e. The number of benzene rings is 1. The molecule has 1 heterocycles. The lowest BCUT2D eigenvalue weighted by Gasteiger charge is -2.28. The molecule has 1 aromatic carbocycles. The number of carbonyl (C=O) groups is 1. The van der Waals surface area contributed by atoms with E-state index in [-0.39, 0.29) is 5.97 Å². The summed E-state index contributed by atoms with van der Waals surface area (Å²) in [6.07, 6.45) is 3.53. The van der Waals surface area contributed by atoms with Gasteiger partial charge in [0.25, 0.3) is 0 Å². The zero-order valence-electron chi connectivity index (χ0n) is 12.3. The van der Waals surface area contributed by atoms with Crippen molar-refractivity contribution in [2.24, 2.45) is 0 Å². The van der Waals surface area contributed by atoms with E-state index in [1.807, 2.05) is 12.1 Å². The Morgan fingerprint density at radius 2 is 1.90 bits per heavy atom. The van der Waals surface area contributed by atoms with Gasteiger partial charge < -0.3 is 14.4 Å². The molecule has 0 N–H and O–H groups in total. The van der Waals surface area contributed by atoms with Crippen molar-refractivity contribution < 1.29 is 14.3 Å². The van der Waals surface area contributed by atoms with Crippen LogP contribution >= 0.6 is 0 Å². The zero-order chi connectivity index (χ0) is 14.4. The molecule has 0 spiro atoms. The third-order valence-corrected chi connectivity index (χ3v) is 3.78. The van der Waals surface area contributed by atoms with Gasteiger partial charge >= 0.3 is 5.97 Å². The van der Waals surface area contributed by atoms with E-state index in [4.69, 9.17) is 4.74 Å². The van der Waals surface area contributed by atoms with E-state index < -0.39 is 0 Å². The van der Waals surface area contributed by atoms with Crippen molar-refractivity contribution in [1.82, 2.24) is 4.90 Å². The Morgan fingerprint density at radius 1 is 1.25 bits per heavy atom. The SMILES string of the molecule is COC(=O)c1ccc(CCOC2CCN(C)CC2)cc1. The number of ether oxygens (including phenoxy) is 2. The summed E-state index contributed by atoms with van der Waals surface area (Å²) < 4.78 is 10.6. The van der Waals surface area contributed by atoms with Crippen LogP contribution in [-0.4, -0.2) is 50.8 Å². The number of hydrogen-bond acceptors (Lipinski definition) is 4. The van der Waals surface area contributed by atoms with Crippen LogP contribution in [0.2, 0.25) is 0 Å². The highest BCUT2D eigenvalue weighted by molar-refractivity contribution is 5.89. The molecule has 0 bridgehead atoms. The van der Waals surface area contributed by atoms with E-state index in [1.165, 1.54) is 12.7 Å². The first-order chi connectivity index (χ1) is 9.69. The first-order valence-electron chi connectivity index (χ1n) is 7.16. The van der Waals surface area contributed by atoms with Crippen molar-refractivity contribution in [2.75, 3.05) is 33.9 Å². The molecule has 1 aliphatic heterocycles. The fourth-order valence-electron chi connectivity index (χ4n) is 2.42. The van der Waals surface area contributed by atoms with Gasteiger partial charge in [0, 0.05) is 13.1 Å². The van der Waals surface area contributed by atoms with Crippen LogP contribution in [0.1, 0.15) is 28.8 Å². The Balaban J connectivity index is 1.73. The molecule has 1 fully saturated rings. The first kappa shape index (κ1) is 15.0. The summed E-state index contributed by atoms with van der Waals surface area (Å²) in [7, 11) is 3.55. The van der Waals surface area contributed by atoms with Gasteiger partial charge in [-0.05, 0) is 44.0 Å². The molecule has 1 saturated heterocycles. The predicted molar refractivity (Wildman–Crippen MR) is 78.0 cm³/mol. The third-order valence-electron chi connectivity index (χ3n) is 3.78. The first-order valence-corrected chi connectivity index (χ1v) is 7.16. The van der Waals surface area contributed by atoms with Crippen LogP contribution < -0.4 is 0 Å². The highest BCUT2D eigenvalue weighted by Crippen LogP contribution is 2.13. The minimum absolute atomic E-state index is 0.292. The highest BCUT2D eigenvalue weighted by Gasteiger charge is 2.16. The van der Waals surface area contributed by atoms with E-state index in [2.05, 4.69) is 16.7 Å². The number of piperidine rings is 1. The monoisotopic (exact) mass is 277 g/mol.